The zero-order valence-corrected chi connectivity index (χ0v) is 15.9. The van der Waals surface area contributed by atoms with Gasteiger partial charge in [-0.1, -0.05) is 0 Å². The van der Waals surface area contributed by atoms with Crippen molar-refractivity contribution in [1.82, 2.24) is 19.5 Å². The van der Waals surface area contributed by atoms with Gasteiger partial charge >= 0.3 is 0 Å². The lowest BCUT2D eigenvalue weighted by atomic mass is 9.86. The second kappa shape index (κ2) is 8.50. The quantitative estimate of drug-likeness (QED) is 0.595. The SMILES string of the molecule is CC(=O)O.N#Cc1c(N)nc2c(c1-c1cccn1-c1ncccn1)CC(N)CC2. The molecule has 1 unspecified atom stereocenters. The normalized spacial score (nSPS) is 14.9. The van der Waals surface area contributed by atoms with Gasteiger partial charge in [0.1, 0.15) is 17.5 Å². The summed E-state index contributed by atoms with van der Waals surface area (Å²) in [5, 5.41) is 17.1. The van der Waals surface area contributed by atoms with Crippen molar-refractivity contribution in [2.75, 3.05) is 5.73 Å². The first kappa shape index (κ1) is 20.0. The summed E-state index contributed by atoms with van der Waals surface area (Å²) in [4.78, 5) is 22.1. The Morgan fingerprint density at radius 2 is 2.03 bits per heavy atom. The van der Waals surface area contributed by atoms with Crippen LogP contribution in [0.2, 0.25) is 0 Å². The van der Waals surface area contributed by atoms with Gasteiger partial charge in [-0.2, -0.15) is 5.26 Å². The van der Waals surface area contributed by atoms with Crippen LogP contribution in [-0.4, -0.2) is 36.6 Å². The molecular formula is C20H21N7O2. The van der Waals surface area contributed by atoms with E-state index in [1.807, 2.05) is 22.9 Å². The maximum Gasteiger partial charge on any atom is 0.300 e. The number of aromatic nitrogens is 4. The lowest BCUT2D eigenvalue weighted by Crippen LogP contribution is -2.29. The van der Waals surface area contributed by atoms with E-state index >= 15 is 0 Å². The monoisotopic (exact) mass is 391 g/mol. The molecule has 0 saturated carbocycles. The summed E-state index contributed by atoms with van der Waals surface area (Å²) in [6.07, 6.45) is 7.55. The third-order valence-electron chi connectivity index (χ3n) is 4.51. The van der Waals surface area contributed by atoms with E-state index in [-0.39, 0.29) is 11.9 Å². The predicted octanol–water partition coefficient (Wildman–Crippen LogP) is 1.69. The number of aryl methyl sites for hydroxylation is 1. The van der Waals surface area contributed by atoms with Crippen molar-refractivity contribution in [3.8, 4) is 23.3 Å². The first-order valence-corrected chi connectivity index (χ1v) is 9.04. The molecule has 0 bridgehead atoms. The largest absolute Gasteiger partial charge is 0.481 e. The molecule has 0 aromatic carbocycles. The number of fused-ring (bicyclic) bond motifs is 1. The van der Waals surface area contributed by atoms with Crippen molar-refractivity contribution in [1.29, 1.82) is 5.26 Å². The van der Waals surface area contributed by atoms with Gasteiger partial charge in [0.05, 0.1) is 5.69 Å². The molecule has 1 aliphatic rings. The lowest BCUT2D eigenvalue weighted by molar-refractivity contribution is -0.134. The van der Waals surface area contributed by atoms with Gasteiger partial charge in [-0.25, -0.2) is 15.0 Å². The summed E-state index contributed by atoms with van der Waals surface area (Å²) < 4.78 is 1.86. The van der Waals surface area contributed by atoms with Crippen molar-refractivity contribution in [3.63, 3.8) is 0 Å². The minimum atomic E-state index is -0.833. The van der Waals surface area contributed by atoms with Gasteiger partial charge in [0, 0.05) is 42.8 Å². The summed E-state index contributed by atoms with van der Waals surface area (Å²) >= 11 is 0. The highest BCUT2D eigenvalue weighted by atomic mass is 16.4. The topological polar surface area (TPSA) is 157 Å². The number of hydrogen-bond acceptors (Lipinski definition) is 7. The first-order chi connectivity index (χ1) is 13.9. The number of carbonyl (C=O) groups is 1. The Morgan fingerprint density at radius 3 is 2.69 bits per heavy atom. The summed E-state index contributed by atoms with van der Waals surface area (Å²) in [7, 11) is 0. The van der Waals surface area contributed by atoms with Crippen molar-refractivity contribution >= 4 is 11.8 Å². The molecule has 1 aliphatic carbocycles. The van der Waals surface area contributed by atoms with Crippen LogP contribution in [0.3, 0.4) is 0 Å². The molecule has 1 atom stereocenters. The maximum absolute atomic E-state index is 9.69. The number of nitrogen functional groups attached to an aromatic ring is 1. The fourth-order valence-electron chi connectivity index (χ4n) is 3.38. The molecule has 5 N–H and O–H groups in total. The highest BCUT2D eigenvalue weighted by Gasteiger charge is 2.26. The molecule has 0 aliphatic heterocycles. The number of aliphatic carboxylic acids is 1. The fourth-order valence-corrected chi connectivity index (χ4v) is 3.38. The average Bonchev–Trinajstić information content (AvgIpc) is 3.17. The van der Waals surface area contributed by atoms with Gasteiger partial charge in [0.15, 0.2) is 0 Å². The highest BCUT2D eigenvalue weighted by Crippen LogP contribution is 2.36. The standard InChI is InChI=1S/C18H17N7.C2H4O2/c19-10-13-16(12-9-11(20)4-5-14(12)24-17(13)21)15-3-1-8-25(15)18-22-6-2-7-23-18;1-2(3)4/h1-3,6-8,11H,4-5,9,20H2,(H2,21,24);1H3,(H,3,4). The van der Waals surface area contributed by atoms with Crippen LogP contribution >= 0.6 is 0 Å². The van der Waals surface area contributed by atoms with Crippen molar-refractivity contribution in [2.45, 2.75) is 32.2 Å². The molecular weight excluding hydrogens is 370 g/mol. The molecule has 9 nitrogen and oxygen atoms in total. The lowest BCUT2D eigenvalue weighted by Gasteiger charge is -2.25. The smallest absolute Gasteiger partial charge is 0.300 e. The van der Waals surface area contributed by atoms with Crippen molar-refractivity contribution < 1.29 is 9.90 Å². The molecule has 0 fully saturated rings. The van der Waals surface area contributed by atoms with Crippen LogP contribution in [0.15, 0.2) is 36.8 Å². The Balaban J connectivity index is 0.000000552. The Bertz CT molecular complexity index is 1070. The zero-order valence-electron chi connectivity index (χ0n) is 15.9. The van der Waals surface area contributed by atoms with Gasteiger partial charge in [-0.15, -0.1) is 0 Å². The summed E-state index contributed by atoms with van der Waals surface area (Å²) in [5.41, 5.74) is 16.2. The highest BCUT2D eigenvalue weighted by molar-refractivity contribution is 5.78. The molecule has 4 rings (SSSR count). The minimum absolute atomic E-state index is 0.0552. The van der Waals surface area contributed by atoms with Crippen LogP contribution in [0.5, 0.6) is 0 Å². The van der Waals surface area contributed by atoms with E-state index in [2.05, 4.69) is 21.0 Å². The Hall–Kier alpha value is -3.77. The van der Waals surface area contributed by atoms with Gasteiger partial charge in [-0.05, 0) is 43.0 Å². The number of pyridine rings is 1. The number of nitriles is 1. The second-order valence-electron chi connectivity index (χ2n) is 6.62. The molecule has 0 radical (unpaired) electrons. The van der Waals surface area contributed by atoms with E-state index in [0.29, 0.717) is 17.9 Å². The number of hydrogen-bond donors (Lipinski definition) is 3. The van der Waals surface area contributed by atoms with Gasteiger partial charge in [0.2, 0.25) is 5.95 Å². The molecule has 148 valence electrons. The summed E-state index contributed by atoms with van der Waals surface area (Å²) in [6, 6.07) is 7.87. The van der Waals surface area contributed by atoms with E-state index in [1.54, 1.807) is 18.5 Å². The number of rotatable bonds is 2. The van der Waals surface area contributed by atoms with Gasteiger partial charge < -0.3 is 16.6 Å². The molecule has 3 heterocycles. The zero-order chi connectivity index (χ0) is 21.0. The molecule has 0 saturated heterocycles. The van der Waals surface area contributed by atoms with E-state index in [1.165, 1.54) is 0 Å². The number of anilines is 1. The Morgan fingerprint density at radius 1 is 1.34 bits per heavy atom. The van der Waals surface area contributed by atoms with Crippen LogP contribution in [0.4, 0.5) is 5.82 Å². The summed E-state index contributed by atoms with van der Waals surface area (Å²) in [6.45, 7) is 1.08. The molecule has 3 aromatic rings. The molecule has 29 heavy (non-hydrogen) atoms. The van der Waals surface area contributed by atoms with Crippen LogP contribution in [0.1, 0.15) is 30.2 Å². The van der Waals surface area contributed by atoms with Crippen LogP contribution in [0, 0.1) is 11.3 Å². The van der Waals surface area contributed by atoms with Crippen molar-refractivity contribution in [2.24, 2.45) is 5.73 Å². The maximum atomic E-state index is 9.69. The number of nitrogens with zero attached hydrogens (tertiary/aromatic N) is 5. The predicted molar refractivity (Wildman–Crippen MR) is 107 cm³/mol. The van der Waals surface area contributed by atoms with E-state index < -0.39 is 5.97 Å². The minimum Gasteiger partial charge on any atom is -0.481 e. The third-order valence-corrected chi connectivity index (χ3v) is 4.51. The average molecular weight is 391 g/mol. The van der Waals surface area contributed by atoms with E-state index in [0.717, 1.165) is 42.3 Å². The Kier molecular flexibility index (Phi) is 5.85. The molecule has 3 aromatic heterocycles. The van der Waals surface area contributed by atoms with E-state index in [9.17, 15) is 5.26 Å². The third kappa shape index (κ3) is 4.23. The Labute approximate surface area is 167 Å². The number of carboxylic acid groups (broad SMARTS) is 1. The summed E-state index contributed by atoms with van der Waals surface area (Å²) in [5.74, 6) is -0.0379. The van der Waals surface area contributed by atoms with Crippen molar-refractivity contribution in [3.05, 3.63) is 53.6 Å². The molecule has 0 spiro atoms. The molecule has 9 heteroatoms. The fraction of sp³-hybridized carbons (Fsp3) is 0.250. The first-order valence-electron chi connectivity index (χ1n) is 9.04. The van der Waals surface area contributed by atoms with Crippen LogP contribution in [0.25, 0.3) is 17.2 Å². The van der Waals surface area contributed by atoms with Crippen LogP contribution in [-0.2, 0) is 17.6 Å². The number of nitrogens with two attached hydrogens (primary N) is 2. The van der Waals surface area contributed by atoms with E-state index in [4.69, 9.17) is 21.4 Å². The van der Waals surface area contributed by atoms with Gasteiger partial charge in [-0.3, -0.25) is 9.36 Å². The van der Waals surface area contributed by atoms with Gasteiger partial charge in [0.25, 0.3) is 5.97 Å². The van der Waals surface area contributed by atoms with Crippen LogP contribution < -0.4 is 11.5 Å². The molecule has 0 amide bonds. The second-order valence-corrected chi connectivity index (χ2v) is 6.62. The number of carboxylic acids is 1.